The molecule has 0 fully saturated rings. The molecule has 0 atom stereocenters. The van der Waals surface area contributed by atoms with Crippen LogP contribution in [0.15, 0.2) is 18.2 Å². The molecule has 0 amide bonds. The smallest absolute Gasteiger partial charge is 0.361 e. The van der Waals surface area contributed by atoms with E-state index in [-0.39, 0.29) is 0 Å². The van der Waals surface area contributed by atoms with Gasteiger partial charge in [-0.3, -0.25) is 0 Å². The topological polar surface area (TPSA) is 20.2 Å². The van der Waals surface area contributed by atoms with Crippen LogP contribution in [0.5, 0.6) is 0 Å². The Labute approximate surface area is 111 Å². The van der Waals surface area contributed by atoms with Gasteiger partial charge in [0.15, 0.2) is 0 Å². The first-order valence-electron chi connectivity index (χ1n) is 4.85. The first-order chi connectivity index (χ1) is 7.91. The van der Waals surface area contributed by atoms with Crippen molar-refractivity contribution in [3.8, 4) is 0 Å². The van der Waals surface area contributed by atoms with Crippen LogP contribution in [0.2, 0.25) is 0 Å². The quantitative estimate of drug-likeness (QED) is 0.657. The third-order valence-electron chi connectivity index (χ3n) is 2.75. The fraction of sp³-hybridized carbons (Fsp3) is 0.455. The molecular formula is C11H10Cl2F4O. The Bertz CT molecular complexity index is 437. The third kappa shape index (κ3) is 2.44. The van der Waals surface area contributed by atoms with E-state index in [9.17, 15) is 22.7 Å². The average molecular weight is 305 g/mol. The molecule has 0 aliphatic carbocycles. The summed E-state index contributed by atoms with van der Waals surface area (Å²) in [6.45, 7) is 3.19. The summed E-state index contributed by atoms with van der Waals surface area (Å²) >= 11 is 9.21. The summed E-state index contributed by atoms with van der Waals surface area (Å²) in [5, 5.41) is 0.357. The molecule has 0 aliphatic heterocycles. The van der Waals surface area contributed by atoms with Crippen molar-refractivity contribution in [2.75, 3.05) is 0 Å². The predicted octanol–water partition coefficient (Wildman–Crippen LogP) is 4.15. The lowest BCUT2D eigenvalue weighted by molar-refractivity contribution is -0.224. The van der Waals surface area contributed by atoms with Crippen LogP contribution < -0.4 is 0 Å². The van der Waals surface area contributed by atoms with Gasteiger partial charge in [0.05, 0.1) is 0 Å². The Kier molecular flexibility index (Phi) is 3.92. The van der Waals surface area contributed by atoms with E-state index in [1.54, 1.807) is 6.92 Å². The van der Waals surface area contributed by atoms with Crippen LogP contribution in [0.4, 0.5) is 17.6 Å². The third-order valence-corrected chi connectivity index (χ3v) is 3.29. The molecule has 1 nitrogen and oxygen atoms in total. The normalized spacial score (nSPS) is 13.8. The SMILES string of the molecule is Cc1ccc(C(O)(C(F)(F)Cl)C(F)(F)Cl)cc1C. The van der Waals surface area contributed by atoms with Crippen molar-refractivity contribution in [2.24, 2.45) is 0 Å². The van der Waals surface area contributed by atoms with E-state index in [1.807, 2.05) is 0 Å². The zero-order chi connectivity index (χ0) is 14.4. The molecule has 0 heterocycles. The van der Waals surface area contributed by atoms with Crippen LogP contribution in [0, 0.1) is 13.8 Å². The van der Waals surface area contributed by atoms with Crippen molar-refractivity contribution in [1.29, 1.82) is 0 Å². The highest BCUT2D eigenvalue weighted by Crippen LogP contribution is 2.52. The second kappa shape index (κ2) is 4.54. The summed E-state index contributed by atoms with van der Waals surface area (Å²) in [6, 6.07) is 3.26. The fourth-order valence-electron chi connectivity index (χ4n) is 1.45. The number of alkyl halides is 6. The van der Waals surface area contributed by atoms with E-state index in [0.717, 1.165) is 12.1 Å². The van der Waals surface area contributed by atoms with Gasteiger partial charge in [0.2, 0.25) is 5.60 Å². The van der Waals surface area contributed by atoms with E-state index in [2.05, 4.69) is 23.2 Å². The lowest BCUT2D eigenvalue weighted by Gasteiger charge is -2.35. The second-order valence-corrected chi connectivity index (χ2v) is 4.95. The maximum absolute atomic E-state index is 13.1. The van der Waals surface area contributed by atoms with Crippen LogP contribution in [-0.2, 0) is 5.60 Å². The number of benzene rings is 1. The molecule has 0 saturated heterocycles. The molecule has 1 rings (SSSR count). The van der Waals surface area contributed by atoms with Gasteiger partial charge in [-0.1, -0.05) is 18.2 Å². The van der Waals surface area contributed by atoms with Gasteiger partial charge in [0.25, 0.3) is 0 Å². The highest BCUT2D eigenvalue weighted by atomic mass is 35.5. The van der Waals surface area contributed by atoms with E-state index in [4.69, 9.17) is 0 Å². The Balaban J connectivity index is 3.51. The number of halogens is 6. The maximum atomic E-state index is 13.1. The molecule has 18 heavy (non-hydrogen) atoms. The number of aryl methyl sites for hydroxylation is 2. The maximum Gasteiger partial charge on any atom is 0.361 e. The summed E-state index contributed by atoms with van der Waals surface area (Å²) in [5.41, 5.74) is -3.59. The molecule has 0 aliphatic rings. The first-order valence-corrected chi connectivity index (χ1v) is 5.60. The van der Waals surface area contributed by atoms with Crippen molar-refractivity contribution in [2.45, 2.75) is 30.2 Å². The van der Waals surface area contributed by atoms with Gasteiger partial charge in [-0.15, -0.1) is 0 Å². The van der Waals surface area contributed by atoms with E-state index < -0.39 is 21.9 Å². The van der Waals surface area contributed by atoms with Gasteiger partial charge in [-0.25, -0.2) is 0 Å². The van der Waals surface area contributed by atoms with Crippen LogP contribution in [0.25, 0.3) is 0 Å². The Morgan fingerprint density at radius 1 is 0.944 bits per heavy atom. The van der Waals surface area contributed by atoms with Gasteiger partial charge in [-0.2, -0.15) is 17.6 Å². The monoisotopic (exact) mass is 304 g/mol. The fourth-order valence-corrected chi connectivity index (χ4v) is 1.96. The van der Waals surface area contributed by atoms with Crippen molar-refractivity contribution in [3.05, 3.63) is 34.9 Å². The molecule has 102 valence electrons. The summed E-state index contributed by atoms with van der Waals surface area (Å²) in [4.78, 5) is 0. The van der Waals surface area contributed by atoms with Gasteiger partial charge in [0, 0.05) is 0 Å². The van der Waals surface area contributed by atoms with Crippen LogP contribution in [-0.4, -0.2) is 15.9 Å². The number of aliphatic hydroxyl groups is 1. The number of hydrogen-bond donors (Lipinski definition) is 1. The summed E-state index contributed by atoms with van der Waals surface area (Å²) in [6.07, 6.45) is 0. The first kappa shape index (κ1) is 15.5. The minimum Gasteiger partial charge on any atom is -0.372 e. The molecule has 0 saturated carbocycles. The van der Waals surface area contributed by atoms with Crippen molar-refractivity contribution in [1.82, 2.24) is 0 Å². The average Bonchev–Trinajstić information content (AvgIpc) is 2.17. The van der Waals surface area contributed by atoms with Gasteiger partial charge < -0.3 is 5.11 Å². The summed E-state index contributed by atoms with van der Waals surface area (Å²) in [5.74, 6) is 0. The largest absolute Gasteiger partial charge is 0.372 e. The van der Waals surface area contributed by atoms with E-state index >= 15 is 0 Å². The summed E-state index contributed by atoms with van der Waals surface area (Å²) in [7, 11) is 0. The van der Waals surface area contributed by atoms with E-state index in [1.165, 1.54) is 13.0 Å². The standard InChI is InChI=1S/C11H10Cl2F4O/c1-6-3-4-8(5-7(6)2)9(18,10(12,14)15)11(13,16)17/h3-5,18H,1-2H3. The van der Waals surface area contributed by atoms with Gasteiger partial charge in [0.1, 0.15) is 0 Å². The minimum absolute atomic E-state index is 0.452. The van der Waals surface area contributed by atoms with E-state index in [0.29, 0.717) is 11.1 Å². The predicted molar refractivity (Wildman–Crippen MR) is 61.4 cm³/mol. The molecule has 0 radical (unpaired) electrons. The molecule has 0 unspecified atom stereocenters. The van der Waals surface area contributed by atoms with Gasteiger partial charge >= 0.3 is 10.8 Å². The minimum atomic E-state index is -4.63. The zero-order valence-electron chi connectivity index (χ0n) is 9.45. The van der Waals surface area contributed by atoms with Crippen molar-refractivity contribution < 1.29 is 22.7 Å². The zero-order valence-corrected chi connectivity index (χ0v) is 11.0. The molecule has 0 spiro atoms. The van der Waals surface area contributed by atoms with Crippen LogP contribution >= 0.6 is 23.2 Å². The Morgan fingerprint density at radius 2 is 1.39 bits per heavy atom. The molecule has 7 heteroatoms. The van der Waals surface area contributed by atoms with Crippen LogP contribution in [0.3, 0.4) is 0 Å². The number of rotatable bonds is 3. The number of hydrogen-bond acceptors (Lipinski definition) is 1. The van der Waals surface area contributed by atoms with Crippen LogP contribution in [0.1, 0.15) is 16.7 Å². The van der Waals surface area contributed by atoms with Crippen molar-refractivity contribution >= 4 is 23.2 Å². The Hall–Kier alpha value is -0.520. The van der Waals surface area contributed by atoms with Crippen molar-refractivity contribution in [3.63, 3.8) is 0 Å². The Morgan fingerprint density at radius 3 is 1.72 bits per heavy atom. The second-order valence-electron chi connectivity index (χ2n) is 4.00. The molecular weight excluding hydrogens is 295 g/mol. The highest BCUT2D eigenvalue weighted by Gasteiger charge is 2.67. The molecule has 0 bridgehead atoms. The molecule has 1 aromatic rings. The lowest BCUT2D eigenvalue weighted by Crippen LogP contribution is -2.52. The molecule has 0 aromatic heterocycles. The highest BCUT2D eigenvalue weighted by molar-refractivity contribution is 6.26. The molecule has 1 N–H and O–H groups in total. The summed E-state index contributed by atoms with van der Waals surface area (Å²) < 4.78 is 52.5. The lowest BCUT2D eigenvalue weighted by atomic mass is 9.91. The van der Waals surface area contributed by atoms with Gasteiger partial charge in [-0.05, 0) is 53.7 Å². The molecule has 1 aromatic carbocycles.